The molecular weight excluding hydrogens is 194 g/mol. The molecule has 1 aliphatic carbocycles. The molecule has 2 rings (SSSR count). The molecule has 1 aromatic rings. The van der Waals surface area contributed by atoms with Gasteiger partial charge in [0.1, 0.15) is 11.1 Å². The molecule has 3 heteroatoms. The molecule has 1 saturated carbocycles. The molecule has 0 saturated heterocycles. The normalized spacial score (nSPS) is 18.4. The summed E-state index contributed by atoms with van der Waals surface area (Å²) >= 11 is 1.81. The van der Waals surface area contributed by atoms with Crippen LogP contribution < -0.4 is 0 Å². The van der Waals surface area contributed by atoms with Gasteiger partial charge in [0.2, 0.25) is 0 Å². The molecule has 0 amide bonds. The number of ether oxygens (including phenoxy) is 1. The van der Waals surface area contributed by atoms with E-state index in [-0.39, 0.29) is 6.10 Å². The lowest BCUT2D eigenvalue weighted by molar-refractivity contribution is 0.0462. The monoisotopic (exact) mass is 211 g/mol. The van der Waals surface area contributed by atoms with Gasteiger partial charge in [0.25, 0.3) is 0 Å². The minimum atomic E-state index is 0.283. The summed E-state index contributed by atoms with van der Waals surface area (Å²) in [5.74, 6) is 0.741. The van der Waals surface area contributed by atoms with E-state index >= 15 is 0 Å². The summed E-state index contributed by atoms with van der Waals surface area (Å²) in [5, 5.41) is 1.19. The first-order valence-corrected chi connectivity index (χ1v) is 6.23. The van der Waals surface area contributed by atoms with Crippen LogP contribution in [0, 0.1) is 5.92 Å². The van der Waals surface area contributed by atoms with E-state index in [0.717, 1.165) is 18.9 Å². The molecule has 0 aliphatic heterocycles. The Morgan fingerprint density at radius 1 is 1.57 bits per heavy atom. The van der Waals surface area contributed by atoms with Gasteiger partial charge in [-0.3, -0.25) is 0 Å². The average molecular weight is 211 g/mol. The zero-order valence-corrected chi connectivity index (χ0v) is 9.64. The quantitative estimate of drug-likeness (QED) is 0.746. The van der Waals surface area contributed by atoms with Crippen molar-refractivity contribution in [3.05, 3.63) is 16.1 Å². The highest BCUT2D eigenvalue weighted by Crippen LogP contribution is 2.44. The number of rotatable bonds is 5. The molecule has 1 fully saturated rings. The second-order valence-corrected chi connectivity index (χ2v) is 4.88. The maximum Gasteiger partial charge on any atom is 0.122 e. The van der Waals surface area contributed by atoms with Gasteiger partial charge in [0, 0.05) is 17.7 Å². The fraction of sp³-hybridized carbons (Fsp3) is 0.727. The summed E-state index contributed by atoms with van der Waals surface area (Å²) in [4.78, 5) is 5.83. The van der Waals surface area contributed by atoms with Crippen LogP contribution in [-0.4, -0.2) is 11.6 Å². The lowest BCUT2D eigenvalue weighted by Crippen LogP contribution is -2.05. The molecule has 78 valence electrons. The minimum Gasteiger partial charge on any atom is -0.371 e. The lowest BCUT2D eigenvalue weighted by atomic mass is 10.2. The highest BCUT2D eigenvalue weighted by molar-refractivity contribution is 7.11. The Kier molecular flexibility index (Phi) is 3.19. The second-order valence-electron chi connectivity index (χ2n) is 3.73. The van der Waals surface area contributed by atoms with E-state index in [2.05, 4.69) is 18.8 Å². The van der Waals surface area contributed by atoms with Crippen LogP contribution in [0.5, 0.6) is 0 Å². The highest BCUT2D eigenvalue weighted by Gasteiger charge is 2.34. The molecular formula is C11H17NOS. The van der Waals surface area contributed by atoms with Gasteiger partial charge in [-0.2, -0.15) is 0 Å². The maximum atomic E-state index is 5.76. The molecule has 0 radical (unpaired) electrons. The largest absolute Gasteiger partial charge is 0.371 e. The molecule has 0 N–H and O–H groups in total. The van der Waals surface area contributed by atoms with E-state index < -0.39 is 0 Å². The van der Waals surface area contributed by atoms with Crippen LogP contribution in [-0.2, 0) is 11.2 Å². The Labute approximate surface area is 89.3 Å². The van der Waals surface area contributed by atoms with Crippen LogP contribution in [0.1, 0.15) is 42.7 Å². The maximum absolute atomic E-state index is 5.76. The van der Waals surface area contributed by atoms with Crippen molar-refractivity contribution in [3.63, 3.8) is 0 Å². The van der Waals surface area contributed by atoms with Gasteiger partial charge in [0.15, 0.2) is 0 Å². The Morgan fingerprint density at radius 2 is 2.36 bits per heavy atom. The predicted molar refractivity (Wildman–Crippen MR) is 58.6 cm³/mol. The predicted octanol–water partition coefficient (Wildman–Crippen LogP) is 3.19. The lowest BCUT2D eigenvalue weighted by Gasteiger charge is -2.12. The highest BCUT2D eigenvalue weighted by atomic mass is 32.1. The summed E-state index contributed by atoms with van der Waals surface area (Å²) in [6.07, 6.45) is 5.98. The van der Waals surface area contributed by atoms with Crippen LogP contribution >= 0.6 is 11.3 Å². The van der Waals surface area contributed by atoms with Crippen molar-refractivity contribution in [2.75, 3.05) is 6.61 Å². The summed E-state index contributed by atoms with van der Waals surface area (Å²) in [7, 11) is 0. The summed E-state index contributed by atoms with van der Waals surface area (Å²) in [6, 6.07) is 0. The Balaban J connectivity index is 2.08. The first kappa shape index (κ1) is 10.1. The number of aromatic nitrogens is 1. The van der Waals surface area contributed by atoms with E-state index in [0.29, 0.717) is 0 Å². The van der Waals surface area contributed by atoms with E-state index in [4.69, 9.17) is 4.74 Å². The third-order valence-electron chi connectivity index (χ3n) is 2.56. The van der Waals surface area contributed by atoms with Crippen LogP contribution in [0.15, 0.2) is 6.20 Å². The van der Waals surface area contributed by atoms with Gasteiger partial charge in [0.05, 0.1) is 0 Å². The molecule has 14 heavy (non-hydrogen) atoms. The molecule has 0 spiro atoms. The first-order valence-electron chi connectivity index (χ1n) is 5.41. The SMILES string of the molecule is CCOC(c1ncc(CC)s1)C1CC1. The van der Waals surface area contributed by atoms with Gasteiger partial charge in [-0.25, -0.2) is 4.98 Å². The Hall–Kier alpha value is -0.410. The topological polar surface area (TPSA) is 22.1 Å². The number of hydrogen-bond acceptors (Lipinski definition) is 3. The number of nitrogens with zero attached hydrogens (tertiary/aromatic N) is 1. The molecule has 1 aliphatic rings. The van der Waals surface area contributed by atoms with Gasteiger partial charge in [-0.15, -0.1) is 11.3 Å². The molecule has 2 nitrogen and oxygen atoms in total. The minimum absolute atomic E-state index is 0.283. The molecule has 0 aromatic carbocycles. The van der Waals surface area contributed by atoms with Crippen molar-refractivity contribution in [2.24, 2.45) is 5.92 Å². The molecule has 1 unspecified atom stereocenters. The summed E-state index contributed by atoms with van der Waals surface area (Å²) in [5.41, 5.74) is 0. The summed E-state index contributed by atoms with van der Waals surface area (Å²) in [6.45, 7) is 5.02. The van der Waals surface area contributed by atoms with Crippen molar-refractivity contribution in [3.8, 4) is 0 Å². The van der Waals surface area contributed by atoms with E-state index in [9.17, 15) is 0 Å². The van der Waals surface area contributed by atoms with E-state index in [1.807, 2.05) is 17.5 Å². The van der Waals surface area contributed by atoms with Crippen molar-refractivity contribution >= 4 is 11.3 Å². The number of thiazole rings is 1. The van der Waals surface area contributed by atoms with Crippen molar-refractivity contribution in [2.45, 2.75) is 39.2 Å². The number of hydrogen-bond donors (Lipinski definition) is 0. The molecule has 1 atom stereocenters. The third kappa shape index (κ3) is 2.15. The van der Waals surface area contributed by atoms with Gasteiger partial charge >= 0.3 is 0 Å². The van der Waals surface area contributed by atoms with Crippen LogP contribution in [0.2, 0.25) is 0 Å². The zero-order valence-electron chi connectivity index (χ0n) is 8.82. The van der Waals surface area contributed by atoms with Crippen LogP contribution in [0.3, 0.4) is 0 Å². The fourth-order valence-electron chi connectivity index (χ4n) is 1.61. The Bertz CT molecular complexity index is 293. The fourth-order valence-corrected chi connectivity index (χ4v) is 2.61. The van der Waals surface area contributed by atoms with E-state index in [1.165, 1.54) is 22.7 Å². The third-order valence-corrected chi connectivity index (χ3v) is 3.76. The standard InChI is InChI=1S/C11H17NOS/c1-3-9-7-12-11(14-9)10(13-4-2)8-5-6-8/h7-8,10H,3-6H2,1-2H3. The molecule has 1 aromatic heterocycles. The second kappa shape index (κ2) is 4.41. The van der Waals surface area contributed by atoms with Gasteiger partial charge in [-0.05, 0) is 32.1 Å². The summed E-state index contributed by atoms with van der Waals surface area (Å²) < 4.78 is 5.76. The van der Waals surface area contributed by atoms with Crippen LogP contribution in [0.25, 0.3) is 0 Å². The van der Waals surface area contributed by atoms with Crippen LogP contribution in [0.4, 0.5) is 0 Å². The first-order chi connectivity index (χ1) is 6.85. The smallest absolute Gasteiger partial charge is 0.122 e. The van der Waals surface area contributed by atoms with Gasteiger partial charge < -0.3 is 4.74 Å². The van der Waals surface area contributed by atoms with Crippen molar-refractivity contribution in [1.29, 1.82) is 0 Å². The molecule has 1 heterocycles. The van der Waals surface area contributed by atoms with Crippen molar-refractivity contribution in [1.82, 2.24) is 4.98 Å². The van der Waals surface area contributed by atoms with Gasteiger partial charge in [-0.1, -0.05) is 6.92 Å². The Morgan fingerprint density at radius 3 is 2.86 bits per heavy atom. The molecule has 0 bridgehead atoms. The van der Waals surface area contributed by atoms with E-state index in [1.54, 1.807) is 0 Å². The van der Waals surface area contributed by atoms with Crippen molar-refractivity contribution < 1.29 is 4.74 Å². The zero-order chi connectivity index (χ0) is 9.97. The average Bonchev–Trinajstić information content (AvgIpc) is 2.92. The number of aryl methyl sites for hydroxylation is 1.